The molecular weight excluding hydrogens is 346 g/mol. The van der Waals surface area contributed by atoms with Gasteiger partial charge in [0.2, 0.25) is 0 Å². The van der Waals surface area contributed by atoms with Gasteiger partial charge in [-0.25, -0.2) is 0 Å². The van der Waals surface area contributed by atoms with Crippen LogP contribution in [0.5, 0.6) is 0 Å². The van der Waals surface area contributed by atoms with Gasteiger partial charge in [-0.3, -0.25) is 29.1 Å². The van der Waals surface area contributed by atoms with E-state index in [4.69, 9.17) is 4.74 Å². The summed E-state index contributed by atoms with van der Waals surface area (Å²) in [6, 6.07) is 1.37. The minimum Gasteiger partial charge on any atom is -0.468 e. The van der Waals surface area contributed by atoms with Crippen molar-refractivity contribution < 1.29 is 24.0 Å². The van der Waals surface area contributed by atoms with E-state index in [1.165, 1.54) is 32.0 Å². The second-order valence-corrected chi connectivity index (χ2v) is 6.69. The first-order valence-corrected chi connectivity index (χ1v) is 7.76. The van der Waals surface area contributed by atoms with E-state index in [0.29, 0.717) is 5.69 Å². The Morgan fingerprint density at radius 1 is 1.31 bits per heavy atom. The second kappa shape index (κ2) is 7.98. The molecule has 26 heavy (non-hydrogen) atoms. The number of anilines is 1. The van der Waals surface area contributed by atoms with Gasteiger partial charge in [0.1, 0.15) is 24.4 Å². The minimum atomic E-state index is -0.951. The van der Waals surface area contributed by atoms with Crippen LogP contribution < -0.4 is 10.5 Å². The minimum absolute atomic E-state index is 0.0386. The Hall–Kier alpha value is -2.91. The molecule has 0 unspecified atom stereocenters. The Bertz CT molecular complexity index is 777. The number of carbonyl (C=O) groups is 2. The molecule has 0 saturated carbocycles. The third kappa shape index (κ3) is 5.30. The van der Waals surface area contributed by atoms with E-state index >= 15 is 0 Å². The summed E-state index contributed by atoms with van der Waals surface area (Å²) in [6.45, 7) is 5.83. The molecule has 10 heteroatoms. The predicted molar refractivity (Wildman–Crippen MR) is 93.2 cm³/mol. The van der Waals surface area contributed by atoms with E-state index in [2.05, 4.69) is 4.74 Å². The summed E-state index contributed by atoms with van der Waals surface area (Å²) in [6.07, 6.45) is 0. The van der Waals surface area contributed by atoms with Crippen molar-refractivity contribution in [2.75, 3.05) is 25.6 Å². The third-order valence-electron chi connectivity index (χ3n) is 3.36. The number of aryl methyl sites for hydroxylation is 1. The van der Waals surface area contributed by atoms with E-state index in [1.54, 1.807) is 20.8 Å². The lowest BCUT2D eigenvalue weighted by atomic mass is 10.2. The summed E-state index contributed by atoms with van der Waals surface area (Å²) in [4.78, 5) is 47.8. The van der Waals surface area contributed by atoms with Crippen LogP contribution in [-0.2, 0) is 25.6 Å². The van der Waals surface area contributed by atoms with Crippen LogP contribution in [0, 0.1) is 17.0 Å². The zero-order valence-electron chi connectivity index (χ0n) is 15.7. The lowest BCUT2D eigenvalue weighted by Crippen LogP contribution is -2.34. The van der Waals surface area contributed by atoms with Crippen LogP contribution in [0.25, 0.3) is 0 Å². The SMILES string of the molecule is COC(=O)CN(C)c1cc(C)n(CC(=O)OC(C)(C)C)c(=O)c1[N+](=O)[O-]. The third-order valence-corrected chi connectivity index (χ3v) is 3.36. The number of rotatable bonds is 6. The highest BCUT2D eigenvalue weighted by atomic mass is 16.6. The number of pyridine rings is 1. The molecule has 0 aromatic carbocycles. The highest BCUT2D eigenvalue weighted by Gasteiger charge is 2.28. The Labute approximate surface area is 150 Å². The quantitative estimate of drug-likeness (QED) is 0.414. The first-order chi connectivity index (χ1) is 11.9. The van der Waals surface area contributed by atoms with Gasteiger partial charge in [0.05, 0.1) is 12.0 Å². The van der Waals surface area contributed by atoms with E-state index in [1.807, 2.05) is 0 Å². The number of esters is 2. The molecule has 0 fully saturated rings. The normalized spacial score (nSPS) is 11.0. The monoisotopic (exact) mass is 369 g/mol. The van der Waals surface area contributed by atoms with Gasteiger partial charge in [-0.15, -0.1) is 0 Å². The highest BCUT2D eigenvalue weighted by molar-refractivity contribution is 5.77. The van der Waals surface area contributed by atoms with E-state index in [9.17, 15) is 24.5 Å². The van der Waals surface area contributed by atoms with Gasteiger partial charge in [0, 0.05) is 12.7 Å². The number of aromatic nitrogens is 1. The van der Waals surface area contributed by atoms with Crippen LogP contribution in [0.1, 0.15) is 26.5 Å². The first-order valence-electron chi connectivity index (χ1n) is 7.76. The zero-order chi connectivity index (χ0) is 20.2. The second-order valence-electron chi connectivity index (χ2n) is 6.69. The maximum Gasteiger partial charge on any atom is 0.357 e. The predicted octanol–water partition coefficient (Wildman–Crippen LogP) is 1.02. The Kier molecular flexibility index (Phi) is 6.49. The number of methoxy groups -OCH3 is 1. The summed E-state index contributed by atoms with van der Waals surface area (Å²) >= 11 is 0. The summed E-state index contributed by atoms with van der Waals surface area (Å²) in [7, 11) is 2.62. The molecular formula is C16H23N3O7. The van der Waals surface area contributed by atoms with Crippen LogP contribution in [0.15, 0.2) is 10.9 Å². The van der Waals surface area contributed by atoms with Crippen LogP contribution in [0.2, 0.25) is 0 Å². The highest BCUT2D eigenvalue weighted by Crippen LogP contribution is 2.25. The molecule has 0 saturated heterocycles. The molecule has 0 aliphatic carbocycles. The Balaban J connectivity index is 3.35. The van der Waals surface area contributed by atoms with Crippen LogP contribution in [-0.4, -0.2) is 47.7 Å². The molecule has 1 aromatic rings. The molecule has 10 nitrogen and oxygen atoms in total. The fraction of sp³-hybridized carbons (Fsp3) is 0.562. The maximum atomic E-state index is 12.6. The van der Waals surface area contributed by atoms with Crippen molar-refractivity contribution in [1.82, 2.24) is 4.57 Å². The van der Waals surface area contributed by atoms with Crippen molar-refractivity contribution in [3.05, 3.63) is 32.2 Å². The molecule has 0 aliphatic rings. The number of carbonyl (C=O) groups excluding carboxylic acids is 2. The van der Waals surface area contributed by atoms with E-state index in [0.717, 1.165) is 4.57 Å². The molecule has 1 aromatic heterocycles. The van der Waals surface area contributed by atoms with Gasteiger partial charge in [-0.2, -0.15) is 0 Å². The summed E-state index contributed by atoms with van der Waals surface area (Å²) < 4.78 is 10.7. The maximum absolute atomic E-state index is 12.6. The van der Waals surface area contributed by atoms with Crippen molar-refractivity contribution in [3.63, 3.8) is 0 Å². The number of nitrogens with zero attached hydrogens (tertiary/aromatic N) is 3. The van der Waals surface area contributed by atoms with Crippen molar-refractivity contribution >= 4 is 23.3 Å². The fourth-order valence-electron chi connectivity index (χ4n) is 2.25. The lowest BCUT2D eigenvalue weighted by molar-refractivity contribution is -0.385. The summed E-state index contributed by atoms with van der Waals surface area (Å²) in [5.74, 6) is -1.30. The molecule has 0 N–H and O–H groups in total. The summed E-state index contributed by atoms with van der Waals surface area (Å²) in [5.41, 5.74) is -2.15. The number of likely N-dealkylation sites (N-methyl/N-ethyl adjacent to an activating group) is 1. The number of nitro groups is 1. The van der Waals surface area contributed by atoms with Crippen LogP contribution in [0.3, 0.4) is 0 Å². The molecule has 0 spiro atoms. The van der Waals surface area contributed by atoms with Crippen LogP contribution >= 0.6 is 0 Å². The lowest BCUT2D eigenvalue weighted by Gasteiger charge is -2.22. The first kappa shape index (κ1) is 21.1. The van der Waals surface area contributed by atoms with Crippen molar-refractivity contribution in [2.45, 2.75) is 39.8 Å². The fourth-order valence-corrected chi connectivity index (χ4v) is 2.25. The average molecular weight is 369 g/mol. The largest absolute Gasteiger partial charge is 0.468 e. The van der Waals surface area contributed by atoms with Crippen molar-refractivity contribution in [2.24, 2.45) is 0 Å². The average Bonchev–Trinajstić information content (AvgIpc) is 2.48. The molecule has 0 radical (unpaired) electrons. The Morgan fingerprint density at radius 2 is 1.88 bits per heavy atom. The number of ether oxygens (including phenoxy) is 2. The molecule has 0 bridgehead atoms. The van der Waals surface area contributed by atoms with Crippen molar-refractivity contribution in [3.8, 4) is 0 Å². The van der Waals surface area contributed by atoms with Crippen molar-refractivity contribution in [1.29, 1.82) is 0 Å². The smallest absolute Gasteiger partial charge is 0.357 e. The molecule has 0 atom stereocenters. The standard InChI is InChI=1S/C16H23N3O7/c1-10-7-11(17(5)8-12(20)25-6)14(19(23)24)15(22)18(10)9-13(21)26-16(2,3)4/h7H,8-9H2,1-6H3. The summed E-state index contributed by atoms with van der Waals surface area (Å²) in [5, 5.41) is 11.4. The molecule has 1 heterocycles. The molecule has 1 rings (SSSR count). The van der Waals surface area contributed by atoms with Gasteiger partial charge < -0.3 is 14.4 Å². The number of hydrogen-bond donors (Lipinski definition) is 0. The van der Waals surface area contributed by atoms with Gasteiger partial charge in [0.15, 0.2) is 0 Å². The number of hydrogen-bond acceptors (Lipinski definition) is 8. The van der Waals surface area contributed by atoms with Gasteiger partial charge in [0.25, 0.3) is 0 Å². The zero-order valence-corrected chi connectivity index (χ0v) is 15.7. The van der Waals surface area contributed by atoms with Gasteiger partial charge in [-0.1, -0.05) is 0 Å². The van der Waals surface area contributed by atoms with E-state index in [-0.39, 0.29) is 12.2 Å². The van der Waals surface area contributed by atoms with Crippen LogP contribution in [0.4, 0.5) is 11.4 Å². The molecule has 0 amide bonds. The Morgan fingerprint density at radius 3 is 2.35 bits per heavy atom. The van der Waals surface area contributed by atoms with Gasteiger partial charge in [-0.05, 0) is 33.8 Å². The molecule has 0 aliphatic heterocycles. The van der Waals surface area contributed by atoms with Gasteiger partial charge >= 0.3 is 23.2 Å². The topological polar surface area (TPSA) is 121 Å². The van der Waals surface area contributed by atoms with E-state index < -0.39 is 40.3 Å². The molecule has 144 valence electrons.